The van der Waals surface area contributed by atoms with Crippen LogP contribution in [0, 0.1) is 5.92 Å². The molecule has 25 heavy (non-hydrogen) atoms. The van der Waals surface area contributed by atoms with E-state index >= 15 is 0 Å². The summed E-state index contributed by atoms with van der Waals surface area (Å²) in [5, 5.41) is 4.04. The molecular formula is C17H18ClN3O4. The third-order valence-electron chi connectivity index (χ3n) is 4.18. The van der Waals surface area contributed by atoms with Gasteiger partial charge in [0.25, 0.3) is 0 Å². The predicted molar refractivity (Wildman–Crippen MR) is 91.4 cm³/mol. The van der Waals surface area contributed by atoms with Crippen LogP contribution in [0.2, 0.25) is 5.02 Å². The second kappa shape index (κ2) is 7.14. The first-order chi connectivity index (χ1) is 12.0. The van der Waals surface area contributed by atoms with Crippen LogP contribution >= 0.6 is 11.6 Å². The van der Waals surface area contributed by atoms with Crippen molar-refractivity contribution in [3.8, 4) is 5.75 Å². The lowest BCUT2D eigenvalue weighted by molar-refractivity contribution is -0.135. The Labute approximate surface area is 150 Å². The Kier molecular flexibility index (Phi) is 4.94. The molecule has 8 heteroatoms. The fraction of sp³-hybridized carbons (Fsp3) is 0.353. The zero-order valence-electron chi connectivity index (χ0n) is 13.9. The maximum atomic E-state index is 12.6. The van der Waals surface area contributed by atoms with Gasteiger partial charge in [0.1, 0.15) is 5.75 Å². The number of methoxy groups -OCH3 is 1. The number of amides is 2. The second-order valence-electron chi connectivity index (χ2n) is 5.90. The summed E-state index contributed by atoms with van der Waals surface area (Å²) in [5.41, 5.74) is 0.656. The zero-order valence-corrected chi connectivity index (χ0v) is 14.7. The van der Waals surface area contributed by atoms with E-state index in [0.29, 0.717) is 35.3 Å². The van der Waals surface area contributed by atoms with E-state index in [1.54, 1.807) is 41.1 Å². The number of anilines is 1. The highest BCUT2D eigenvalue weighted by Gasteiger charge is 2.36. The molecular weight excluding hydrogens is 346 g/mol. The summed E-state index contributed by atoms with van der Waals surface area (Å²) in [6, 6.07) is 6.84. The molecule has 1 atom stereocenters. The molecule has 1 aliphatic heterocycles. The molecule has 2 aromatic rings. The van der Waals surface area contributed by atoms with Crippen molar-refractivity contribution in [3.63, 3.8) is 0 Å². The first kappa shape index (κ1) is 17.3. The molecule has 0 aliphatic carbocycles. The summed E-state index contributed by atoms with van der Waals surface area (Å²) in [6.45, 7) is 0.638. The van der Waals surface area contributed by atoms with Crippen molar-refractivity contribution < 1.29 is 18.8 Å². The van der Waals surface area contributed by atoms with E-state index in [2.05, 4.69) is 5.16 Å². The van der Waals surface area contributed by atoms with Gasteiger partial charge < -0.3 is 19.1 Å². The fourth-order valence-corrected chi connectivity index (χ4v) is 3.14. The van der Waals surface area contributed by atoms with Gasteiger partial charge in [0, 0.05) is 31.8 Å². The van der Waals surface area contributed by atoms with Gasteiger partial charge in [-0.2, -0.15) is 0 Å². The number of aromatic nitrogens is 1. The Balaban J connectivity index is 1.69. The van der Waals surface area contributed by atoms with Crippen molar-refractivity contribution in [2.75, 3.05) is 25.6 Å². The summed E-state index contributed by atoms with van der Waals surface area (Å²) in [6.07, 6.45) is 1.70. The van der Waals surface area contributed by atoms with Crippen molar-refractivity contribution in [3.05, 3.63) is 41.2 Å². The van der Waals surface area contributed by atoms with Crippen molar-refractivity contribution in [1.29, 1.82) is 0 Å². The van der Waals surface area contributed by atoms with Gasteiger partial charge in [-0.05, 0) is 18.2 Å². The molecule has 2 amide bonds. The minimum Gasteiger partial charge on any atom is -0.495 e. The SMILES string of the molecule is COc1ccc(N2CC(C(=O)N(C)Cc3ccno3)CC2=O)cc1Cl. The summed E-state index contributed by atoms with van der Waals surface area (Å²) in [5.74, 6) is 0.524. The van der Waals surface area contributed by atoms with E-state index in [1.807, 2.05) is 0 Å². The van der Waals surface area contributed by atoms with Crippen molar-refractivity contribution >= 4 is 29.1 Å². The average Bonchev–Trinajstić information content (AvgIpc) is 3.23. The predicted octanol–water partition coefficient (Wildman–Crippen LogP) is 2.35. The van der Waals surface area contributed by atoms with Gasteiger partial charge in [-0.15, -0.1) is 0 Å². The van der Waals surface area contributed by atoms with Gasteiger partial charge in [0.2, 0.25) is 11.8 Å². The molecule has 3 rings (SSSR count). The third-order valence-corrected chi connectivity index (χ3v) is 4.48. The van der Waals surface area contributed by atoms with Gasteiger partial charge in [-0.3, -0.25) is 9.59 Å². The Morgan fingerprint density at radius 3 is 2.92 bits per heavy atom. The molecule has 7 nitrogen and oxygen atoms in total. The first-order valence-electron chi connectivity index (χ1n) is 7.78. The normalized spacial score (nSPS) is 17.0. The Morgan fingerprint density at radius 1 is 1.48 bits per heavy atom. The van der Waals surface area contributed by atoms with Crippen LogP contribution in [0.15, 0.2) is 35.0 Å². The number of carbonyl (C=O) groups is 2. The number of rotatable bonds is 5. The molecule has 1 aliphatic rings. The Morgan fingerprint density at radius 2 is 2.28 bits per heavy atom. The first-order valence-corrected chi connectivity index (χ1v) is 8.16. The van der Waals surface area contributed by atoms with E-state index in [0.717, 1.165) is 0 Å². The lowest BCUT2D eigenvalue weighted by Crippen LogP contribution is -2.34. The van der Waals surface area contributed by atoms with E-state index in [4.69, 9.17) is 20.9 Å². The largest absolute Gasteiger partial charge is 0.495 e. The summed E-state index contributed by atoms with van der Waals surface area (Å²) < 4.78 is 10.1. The van der Waals surface area contributed by atoms with Crippen molar-refractivity contribution in [2.45, 2.75) is 13.0 Å². The summed E-state index contributed by atoms with van der Waals surface area (Å²) in [4.78, 5) is 28.1. The van der Waals surface area contributed by atoms with Crippen LogP contribution in [-0.2, 0) is 16.1 Å². The average molecular weight is 364 g/mol. The van der Waals surface area contributed by atoms with Gasteiger partial charge in [0.15, 0.2) is 5.76 Å². The smallest absolute Gasteiger partial charge is 0.228 e. The summed E-state index contributed by atoms with van der Waals surface area (Å²) in [7, 11) is 3.21. The molecule has 0 spiro atoms. The van der Waals surface area contributed by atoms with Gasteiger partial charge >= 0.3 is 0 Å². The minimum atomic E-state index is -0.402. The maximum absolute atomic E-state index is 12.6. The van der Waals surface area contributed by atoms with Crippen LogP contribution < -0.4 is 9.64 Å². The molecule has 1 aromatic heterocycles. The number of hydrogen-bond acceptors (Lipinski definition) is 5. The second-order valence-corrected chi connectivity index (χ2v) is 6.30. The van der Waals surface area contributed by atoms with Crippen LogP contribution in [0.5, 0.6) is 5.75 Å². The number of halogens is 1. The molecule has 0 bridgehead atoms. The van der Waals surface area contributed by atoms with Crippen LogP contribution in [0.4, 0.5) is 5.69 Å². The maximum Gasteiger partial charge on any atom is 0.228 e. The fourth-order valence-electron chi connectivity index (χ4n) is 2.89. The molecule has 1 saturated heterocycles. The highest BCUT2D eigenvalue weighted by Crippen LogP contribution is 2.32. The highest BCUT2D eigenvalue weighted by molar-refractivity contribution is 6.32. The number of hydrogen-bond donors (Lipinski definition) is 0. The van der Waals surface area contributed by atoms with E-state index < -0.39 is 5.92 Å². The third kappa shape index (κ3) is 3.61. The van der Waals surface area contributed by atoms with Crippen LogP contribution in [-0.4, -0.2) is 42.6 Å². The van der Waals surface area contributed by atoms with E-state index in [-0.39, 0.29) is 18.2 Å². The van der Waals surface area contributed by atoms with Crippen LogP contribution in [0.25, 0.3) is 0 Å². The Hall–Kier alpha value is -2.54. The van der Waals surface area contributed by atoms with Crippen LogP contribution in [0.1, 0.15) is 12.2 Å². The van der Waals surface area contributed by atoms with Gasteiger partial charge in [-0.1, -0.05) is 16.8 Å². The molecule has 1 unspecified atom stereocenters. The molecule has 0 N–H and O–H groups in total. The molecule has 1 fully saturated rings. The lowest BCUT2D eigenvalue weighted by atomic mass is 10.1. The molecule has 1 aromatic carbocycles. The topological polar surface area (TPSA) is 75.9 Å². The summed E-state index contributed by atoms with van der Waals surface area (Å²) >= 11 is 6.13. The Bertz CT molecular complexity index is 778. The minimum absolute atomic E-state index is 0.104. The van der Waals surface area contributed by atoms with Gasteiger partial charge in [-0.25, -0.2) is 0 Å². The lowest BCUT2D eigenvalue weighted by Gasteiger charge is -2.21. The molecule has 2 heterocycles. The molecule has 0 saturated carbocycles. The number of benzene rings is 1. The van der Waals surface area contributed by atoms with Crippen LogP contribution in [0.3, 0.4) is 0 Å². The monoisotopic (exact) mass is 363 g/mol. The number of carbonyl (C=O) groups excluding carboxylic acids is 2. The van der Waals surface area contributed by atoms with E-state index in [1.165, 1.54) is 13.3 Å². The highest BCUT2D eigenvalue weighted by atomic mass is 35.5. The zero-order chi connectivity index (χ0) is 18.0. The standard InChI is InChI=1S/C17H18ClN3O4/c1-20(10-13-5-6-19-25-13)17(23)11-7-16(22)21(9-11)12-3-4-15(24-2)14(18)8-12/h3-6,8,11H,7,9-10H2,1-2H3. The number of ether oxygens (including phenoxy) is 1. The van der Waals surface area contributed by atoms with Crippen molar-refractivity contribution in [2.24, 2.45) is 5.92 Å². The van der Waals surface area contributed by atoms with E-state index in [9.17, 15) is 9.59 Å². The van der Waals surface area contributed by atoms with Gasteiger partial charge in [0.05, 0.1) is 30.8 Å². The molecule has 132 valence electrons. The quantitative estimate of drug-likeness (QED) is 0.815. The molecule has 0 radical (unpaired) electrons. The number of nitrogens with zero attached hydrogens (tertiary/aromatic N) is 3. The van der Waals surface area contributed by atoms with Crippen molar-refractivity contribution in [1.82, 2.24) is 10.1 Å².